The van der Waals surface area contributed by atoms with Crippen molar-refractivity contribution in [3.8, 4) is 0 Å². The number of aliphatic carboxylic acids is 1. The Hall–Kier alpha value is -4.08. The van der Waals surface area contributed by atoms with Crippen LogP contribution in [0.3, 0.4) is 0 Å². The molecule has 0 aromatic carbocycles. The number of carbonyl (C=O) groups excluding carboxylic acids is 7. The zero-order chi connectivity index (χ0) is 39.8. The van der Waals surface area contributed by atoms with Crippen LogP contribution in [0.4, 0.5) is 0 Å². The molecule has 3 aliphatic rings. The second-order valence-corrected chi connectivity index (χ2v) is 15.4. The van der Waals surface area contributed by atoms with Crippen LogP contribution in [0.15, 0.2) is 0 Å². The van der Waals surface area contributed by atoms with Gasteiger partial charge in [0.05, 0.1) is 18.7 Å². The minimum atomic E-state index is -1.29. The number of hydrogen-bond acceptors (Lipinski definition) is 9. The minimum Gasteiger partial charge on any atom is -0.480 e. The highest BCUT2D eigenvalue weighted by atomic mass is 16.5. The van der Waals surface area contributed by atoms with E-state index in [1.807, 2.05) is 6.92 Å². The first kappa shape index (κ1) is 44.3. The Balaban J connectivity index is 1.75. The van der Waals surface area contributed by atoms with Crippen molar-refractivity contribution in [3.63, 3.8) is 0 Å². The number of carboxylic acids is 1. The summed E-state index contributed by atoms with van der Waals surface area (Å²) in [6.45, 7) is 4.53. The molecule has 0 spiro atoms. The van der Waals surface area contributed by atoms with E-state index in [0.717, 1.165) is 64.2 Å². The Bertz CT molecular complexity index is 1330. The summed E-state index contributed by atoms with van der Waals surface area (Å²) in [6, 6.07) is -4.29. The van der Waals surface area contributed by atoms with Crippen LogP contribution in [-0.2, 0) is 43.1 Å². The summed E-state index contributed by atoms with van der Waals surface area (Å²) in [5, 5.41) is 19.6. The molecule has 1 heterocycles. The molecule has 2 aliphatic carbocycles. The van der Waals surface area contributed by atoms with E-state index < -0.39 is 84.7 Å². The van der Waals surface area contributed by atoms with E-state index in [-0.39, 0.29) is 37.1 Å². The summed E-state index contributed by atoms with van der Waals surface area (Å²) in [4.78, 5) is 105. The number of hydrogen-bond donors (Lipinski definition) is 6. The number of likely N-dealkylation sites (tertiary alicyclic amines) is 1. The quantitative estimate of drug-likeness (QED) is 0.0920. The Morgan fingerprint density at radius 2 is 1.52 bits per heavy atom. The molecule has 0 bridgehead atoms. The van der Waals surface area contributed by atoms with Crippen molar-refractivity contribution >= 4 is 47.2 Å². The summed E-state index contributed by atoms with van der Waals surface area (Å²) in [6.07, 6.45) is 9.93. The van der Waals surface area contributed by atoms with Gasteiger partial charge in [0.15, 0.2) is 0 Å². The lowest BCUT2D eigenvalue weighted by Crippen LogP contribution is -2.58. The number of ether oxygens (including phenoxy) is 1. The summed E-state index contributed by atoms with van der Waals surface area (Å²) in [5.41, 5.74) is 5.37. The van der Waals surface area contributed by atoms with Gasteiger partial charge in [0.2, 0.25) is 35.3 Å². The molecule has 3 fully saturated rings. The normalized spacial score (nSPS) is 23.4. The number of nitrogens with zero attached hydrogens (tertiary/aromatic N) is 1. The van der Waals surface area contributed by atoms with Gasteiger partial charge in [0.1, 0.15) is 24.7 Å². The molecule has 16 nitrogen and oxygen atoms in total. The Morgan fingerprint density at radius 1 is 0.833 bits per heavy atom. The Morgan fingerprint density at radius 3 is 2.13 bits per heavy atom. The summed E-state index contributed by atoms with van der Waals surface area (Å²) >= 11 is 0. The number of amides is 6. The third-order valence-corrected chi connectivity index (χ3v) is 11.0. The molecular weight excluding hydrogens is 700 g/mol. The third kappa shape index (κ3) is 14.0. The van der Waals surface area contributed by atoms with Crippen LogP contribution in [-0.4, -0.2) is 107 Å². The molecule has 0 aromatic heterocycles. The smallest absolute Gasteiger partial charge is 0.329 e. The topological polar surface area (TPSA) is 243 Å². The van der Waals surface area contributed by atoms with Crippen LogP contribution in [0.1, 0.15) is 124 Å². The number of carbonyl (C=O) groups is 8. The van der Waals surface area contributed by atoms with Gasteiger partial charge in [-0.25, -0.2) is 4.79 Å². The number of carboxylic acid groups (broad SMARTS) is 1. The maximum atomic E-state index is 14.5. The molecule has 304 valence electrons. The Kier molecular flexibility index (Phi) is 18.3. The van der Waals surface area contributed by atoms with Gasteiger partial charge in [-0.15, -0.1) is 0 Å². The summed E-state index contributed by atoms with van der Waals surface area (Å²) in [7, 11) is 0. The van der Waals surface area contributed by atoms with Gasteiger partial charge in [-0.1, -0.05) is 72.1 Å². The fraction of sp³-hybridized carbons (Fsp3) is 0.789. The summed E-state index contributed by atoms with van der Waals surface area (Å²) in [5.74, 6) is -5.48. The van der Waals surface area contributed by atoms with E-state index in [4.69, 9.17) is 10.5 Å². The highest BCUT2D eigenvalue weighted by Gasteiger charge is 2.45. The highest BCUT2D eigenvalue weighted by Crippen LogP contribution is 2.32. The average Bonchev–Trinajstić information content (AvgIpc) is 3.58. The molecule has 54 heavy (non-hydrogen) atoms. The number of nitrogens with two attached hydrogens (primary N) is 1. The monoisotopic (exact) mass is 762 g/mol. The van der Waals surface area contributed by atoms with Crippen molar-refractivity contribution in [2.45, 2.75) is 154 Å². The van der Waals surface area contributed by atoms with Crippen molar-refractivity contribution < 1.29 is 48.2 Å². The summed E-state index contributed by atoms with van der Waals surface area (Å²) < 4.78 is 5.54. The van der Waals surface area contributed by atoms with E-state index in [1.165, 1.54) is 4.90 Å². The van der Waals surface area contributed by atoms with Crippen molar-refractivity contribution in [2.75, 3.05) is 19.7 Å². The van der Waals surface area contributed by atoms with Crippen molar-refractivity contribution in [1.82, 2.24) is 26.2 Å². The lowest BCUT2D eigenvalue weighted by atomic mass is 9.80. The second-order valence-electron chi connectivity index (χ2n) is 15.4. The fourth-order valence-electron chi connectivity index (χ4n) is 7.83. The number of primary amides is 1. The van der Waals surface area contributed by atoms with Crippen molar-refractivity contribution in [2.24, 2.45) is 23.5 Å². The zero-order valence-electron chi connectivity index (χ0n) is 32.2. The molecule has 7 N–H and O–H groups in total. The second kappa shape index (κ2) is 22.3. The van der Waals surface area contributed by atoms with Crippen LogP contribution in [0.25, 0.3) is 0 Å². The van der Waals surface area contributed by atoms with Gasteiger partial charge in [0, 0.05) is 19.4 Å². The molecule has 1 saturated heterocycles. The lowest BCUT2D eigenvalue weighted by Gasteiger charge is -2.35. The molecule has 0 aromatic rings. The van der Waals surface area contributed by atoms with Crippen LogP contribution in [0.5, 0.6) is 0 Å². The van der Waals surface area contributed by atoms with Gasteiger partial charge in [0.25, 0.3) is 5.91 Å². The van der Waals surface area contributed by atoms with Crippen molar-refractivity contribution in [3.05, 3.63) is 0 Å². The fourth-order valence-corrected chi connectivity index (χ4v) is 7.83. The van der Waals surface area contributed by atoms with Gasteiger partial charge >= 0.3 is 5.97 Å². The first-order valence-corrected chi connectivity index (χ1v) is 19.9. The van der Waals surface area contributed by atoms with E-state index in [2.05, 4.69) is 28.2 Å². The van der Waals surface area contributed by atoms with Crippen LogP contribution in [0.2, 0.25) is 0 Å². The zero-order valence-corrected chi connectivity index (χ0v) is 32.2. The number of unbranched alkanes of at least 4 members (excludes halogenated alkanes) is 1. The minimum absolute atomic E-state index is 0.0606. The molecular formula is C38H62N6O10. The largest absolute Gasteiger partial charge is 0.480 e. The SMILES string of the molecule is CCCCC(NC(=O)CNC(=O)C(=O)C(CCC)NC(=O)[C@@H]1C[C@@H](OCC(=O)O)CN1C(=O)C(NC(=O)CC1CCC(C)CC1)C1CCCCC1)C(N)=O. The van der Waals surface area contributed by atoms with Gasteiger partial charge < -0.3 is 41.7 Å². The van der Waals surface area contributed by atoms with E-state index >= 15 is 0 Å². The predicted molar refractivity (Wildman–Crippen MR) is 197 cm³/mol. The molecule has 0 radical (unpaired) electrons. The molecule has 6 amide bonds. The van der Waals surface area contributed by atoms with Gasteiger partial charge in [-0.05, 0) is 56.3 Å². The molecule has 2 saturated carbocycles. The van der Waals surface area contributed by atoms with E-state index in [9.17, 15) is 43.5 Å². The molecule has 16 heteroatoms. The average molecular weight is 763 g/mol. The number of nitrogens with one attached hydrogen (secondary N) is 4. The lowest BCUT2D eigenvalue weighted by molar-refractivity contribution is -0.145. The maximum Gasteiger partial charge on any atom is 0.329 e. The predicted octanol–water partition coefficient (Wildman–Crippen LogP) is 1.47. The highest BCUT2D eigenvalue weighted by molar-refractivity contribution is 6.38. The standard InChI is InChI=1S/C38H62N6O10/c1-4-6-13-28(35(39)50)41-31(46)20-40-37(52)34(49)27(10-5-2)42-36(51)29-19-26(54-22-32(47)48)21-44(29)38(53)33(25-11-8-7-9-12-25)43-30(45)18-24-16-14-23(3)15-17-24/h23-29,33H,4-22H2,1-3H3,(H2,39,50)(H,40,52)(H,41,46)(H,42,51)(H,43,45)(H,47,48)/t23?,24?,26-,27?,28?,29+,33?/m1/s1. The Labute approximate surface area is 318 Å². The molecule has 1 aliphatic heterocycles. The number of rotatable bonds is 21. The van der Waals surface area contributed by atoms with Crippen LogP contribution >= 0.6 is 0 Å². The first-order valence-electron chi connectivity index (χ1n) is 19.9. The van der Waals surface area contributed by atoms with Crippen LogP contribution in [0, 0.1) is 17.8 Å². The van der Waals surface area contributed by atoms with Crippen molar-refractivity contribution in [1.29, 1.82) is 0 Å². The molecule has 3 unspecified atom stereocenters. The number of Topliss-reactive ketones (excluding diaryl/α,β-unsaturated/α-hetero) is 1. The first-order chi connectivity index (χ1) is 25.7. The van der Waals surface area contributed by atoms with E-state index in [1.54, 1.807) is 6.92 Å². The van der Waals surface area contributed by atoms with Crippen LogP contribution < -0.4 is 27.0 Å². The van der Waals surface area contributed by atoms with Gasteiger partial charge in [-0.3, -0.25) is 33.6 Å². The number of ketones is 1. The maximum absolute atomic E-state index is 14.5. The molecule has 5 atom stereocenters. The third-order valence-electron chi connectivity index (χ3n) is 11.0. The van der Waals surface area contributed by atoms with E-state index in [0.29, 0.717) is 31.6 Å². The van der Waals surface area contributed by atoms with Gasteiger partial charge in [-0.2, -0.15) is 0 Å². The molecule has 3 rings (SSSR count).